The monoisotopic (exact) mass is 206 g/mol. The van der Waals surface area contributed by atoms with Gasteiger partial charge in [-0.1, -0.05) is 12.1 Å². The van der Waals surface area contributed by atoms with E-state index in [1.54, 1.807) is 6.07 Å². The zero-order valence-electron chi connectivity index (χ0n) is 8.72. The Balaban J connectivity index is 2.11. The Hall–Kier alpha value is -0.890. The van der Waals surface area contributed by atoms with Gasteiger partial charge in [-0.2, -0.15) is 0 Å². The lowest BCUT2D eigenvalue weighted by Gasteiger charge is -2.20. The first-order chi connectivity index (χ1) is 7.21. The highest BCUT2D eigenvalue weighted by molar-refractivity contribution is 5.40. The van der Waals surface area contributed by atoms with Crippen LogP contribution in [-0.2, 0) is 18.4 Å². The predicted molar refractivity (Wildman–Crippen MR) is 56.2 cm³/mol. The minimum Gasteiger partial charge on any atom is -0.385 e. The maximum Gasteiger partial charge on any atom is 0.132 e. The summed E-state index contributed by atoms with van der Waals surface area (Å²) in [4.78, 5) is 0. The maximum absolute atomic E-state index is 14.1. The summed E-state index contributed by atoms with van der Waals surface area (Å²) in [6.07, 6.45) is 5.49. The van der Waals surface area contributed by atoms with E-state index in [0.717, 1.165) is 36.8 Å². The van der Waals surface area contributed by atoms with Gasteiger partial charge in [-0.3, -0.25) is 0 Å². The van der Waals surface area contributed by atoms with E-state index in [-0.39, 0.29) is 5.82 Å². The van der Waals surface area contributed by atoms with E-state index in [2.05, 4.69) is 0 Å². The van der Waals surface area contributed by atoms with Gasteiger partial charge in [-0.05, 0) is 49.7 Å². The molecule has 0 radical (unpaired) electrons. The quantitative estimate of drug-likeness (QED) is 0.749. The summed E-state index contributed by atoms with van der Waals surface area (Å²) in [5, 5.41) is 9.94. The van der Waals surface area contributed by atoms with Gasteiger partial charge in [0.05, 0.1) is 5.60 Å². The molecule has 2 heteroatoms. The van der Waals surface area contributed by atoms with Gasteiger partial charge in [-0.25, -0.2) is 4.39 Å². The van der Waals surface area contributed by atoms with E-state index in [1.807, 2.05) is 6.07 Å². The summed E-state index contributed by atoms with van der Waals surface area (Å²) in [6.45, 7) is 0. The number of hydrogen-bond donors (Lipinski definition) is 1. The normalized spacial score (nSPS) is 22.3. The van der Waals surface area contributed by atoms with Crippen molar-refractivity contribution >= 4 is 0 Å². The van der Waals surface area contributed by atoms with Gasteiger partial charge in [-0.15, -0.1) is 0 Å². The SMILES string of the molecule is OC1(c2ccc3c(c2F)CCCC3)CC1. The van der Waals surface area contributed by atoms with Crippen LogP contribution < -0.4 is 0 Å². The molecule has 0 aliphatic heterocycles. The highest BCUT2D eigenvalue weighted by atomic mass is 19.1. The maximum atomic E-state index is 14.1. The lowest BCUT2D eigenvalue weighted by atomic mass is 9.88. The summed E-state index contributed by atoms with van der Waals surface area (Å²) in [7, 11) is 0. The molecule has 2 aliphatic rings. The smallest absolute Gasteiger partial charge is 0.132 e. The minimum atomic E-state index is -0.837. The van der Waals surface area contributed by atoms with E-state index in [0.29, 0.717) is 18.4 Å². The molecule has 0 unspecified atom stereocenters. The lowest BCUT2D eigenvalue weighted by molar-refractivity contribution is 0.146. The molecule has 1 fully saturated rings. The van der Waals surface area contributed by atoms with Crippen molar-refractivity contribution in [3.63, 3.8) is 0 Å². The van der Waals surface area contributed by atoms with Gasteiger partial charge in [0.25, 0.3) is 0 Å². The summed E-state index contributed by atoms with van der Waals surface area (Å²) in [6, 6.07) is 3.79. The average Bonchev–Trinajstić information content (AvgIpc) is 2.98. The van der Waals surface area contributed by atoms with Gasteiger partial charge < -0.3 is 5.11 Å². The van der Waals surface area contributed by atoms with Crippen LogP contribution in [0, 0.1) is 5.82 Å². The average molecular weight is 206 g/mol. The molecule has 0 spiro atoms. The molecule has 15 heavy (non-hydrogen) atoms. The fourth-order valence-corrected chi connectivity index (χ4v) is 2.53. The topological polar surface area (TPSA) is 20.2 Å². The summed E-state index contributed by atoms with van der Waals surface area (Å²) in [5.41, 5.74) is 1.70. The van der Waals surface area contributed by atoms with E-state index in [4.69, 9.17) is 0 Å². The van der Waals surface area contributed by atoms with Gasteiger partial charge >= 0.3 is 0 Å². The molecule has 1 saturated carbocycles. The molecule has 2 aliphatic carbocycles. The Bertz CT molecular complexity index is 407. The number of benzene rings is 1. The van der Waals surface area contributed by atoms with Crippen LogP contribution in [0.5, 0.6) is 0 Å². The summed E-state index contributed by atoms with van der Waals surface area (Å²) >= 11 is 0. The van der Waals surface area contributed by atoms with Crippen molar-refractivity contribution in [2.45, 2.75) is 44.1 Å². The van der Waals surface area contributed by atoms with Crippen LogP contribution in [0.25, 0.3) is 0 Å². The molecular formula is C13H15FO. The molecule has 80 valence electrons. The standard InChI is InChI=1S/C13H15FO/c14-12-10-4-2-1-3-9(10)5-6-11(12)13(15)7-8-13/h5-6,15H,1-4,7-8H2. The second kappa shape index (κ2) is 3.05. The van der Waals surface area contributed by atoms with Crippen molar-refractivity contribution in [2.24, 2.45) is 0 Å². The third-order valence-electron chi connectivity index (χ3n) is 3.69. The van der Waals surface area contributed by atoms with Crippen molar-refractivity contribution < 1.29 is 9.50 Å². The van der Waals surface area contributed by atoms with Crippen LogP contribution >= 0.6 is 0 Å². The van der Waals surface area contributed by atoms with Crippen LogP contribution in [0.1, 0.15) is 42.4 Å². The van der Waals surface area contributed by atoms with Crippen molar-refractivity contribution in [3.05, 3.63) is 34.6 Å². The lowest BCUT2D eigenvalue weighted by Crippen LogP contribution is -2.13. The second-order valence-corrected chi connectivity index (χ2v) is 4.80. The molecule has 0 saturated heterocycles. The second-order valence-electron chi connectivity index (χ2n) is 4.80. The van der Waals surface area contributed by atoms with E-state index >= 15 is 0 Å². The Morgan fingerprint density at radius 2 is 1.87 bits per heavy atom. The largest absolute Gasteiger partial charge is 0.385 e. The number of rotatable bonds is 1. The molecule has 1 N–H and O–H groups in total. The molecular weight excluding hydrogens is 191 g/mol. The number of aliphatic hydroxyl groups is 1. The number of halogens is 1. The van der Waals surface area contributed by atoms with Gasteiger partial charge in [0.15, 0.2) is 0 Å². The number of hydrogen-bond acceptors (Lipinski definition) is 1. The van der Waals surface area contributed by atoms with E-state index in [1.165, 1.54) is 0 Å². The Labute approximate surface area is 88.9 Å². The van der Waals surface area contributed by atoms with Crippen molar-refractivity contribution in [3.8, 4) is 0 Å². The molecule has 3 rings (SSSR count). The fraction of sp³-hybridized carbons (Fsp3) is 0.538. The highest BCUT2D eigenvalue weighted by Crippen LogP contribution is 2.47. The van der Waals surface area contributed by atoms with Crippen molar-refractivity contribution in [1.82, 2.24) is 0 Å². The van der Waals surface area contributed by atoms with E-state index < -0.39 is 5.60 Å². The zero-order valence-corrected chi connectivity index (χ0v) is 8.72. The third-order valence-corrected chi connectivity index (χ3v) is 3.69. The Morgan fingerprint density at radius 1 is 1.13 bits per heavy atom. The number of aryl methyl sites for hydroxylation is 1. The first-order valence-corrected chi connectivity index (χ1v) is 5.74. The Kier molecular flexibility index (Phi) is 1.90. The first kappa shape index (κ1) is 9.34. The summed E-state index contributed by atoms with van der Waals surface area (Å²) < 4.78 is 14.1. The molecule has 0 amide bonds. The van der Waals surface area contributed by atoms with Crippen LogP contribution in [-0.4, -0.2) is 5.11 Å². The van der Waals surface area contributed by atoms with Gasteiger partial charge in [0, 0.05) is 5.56 Å². The van der Waals surface area contributed by atoms with Gasteiger partial charge in [0.2, 0.25) is 0 Å². The van der Waals surface area contributed by atoms with Crippen LogP contribution in [0.4, 0.5) is 4.39 Å². The number of fused-ring (bicyclic) bond motifs is 1. The minimum absolute atomic E-state index is 0.132. The third kappa shape index (κ3) is 1.39. The molecule has 1 nitrogen and oxygen atoms in total. The molecule has 0 heterocycles. The molecule has 0 bridgehead atoms. The first-order valence-electron chi connectivity index (χ1n) is 5.74. The Morgan fingerprint density at radius 3 is 2.60 bits per heavy atom. The van der Waals surface area contributed by atoms with Crippen molar-refractivity contribution in [2.75, 3.05) is 0 Å². The highest BCUT2D eigenvalue weighted by Gasteiger charge is 2.44. The molecule has 1 aromatic carbocycles. The fourth-order valence-electron chi connectivity index (χ4n) is 2.53. The molecule has 0 aromatic heterocycles. The van der Waals surface area contributed by atoms with E-state index in [9.17, 15) is 9.50 Å². The summed E-state index contributed by atoms with van der Waals surface area (Å²) in [5.74, 6) is -0.132. The van der Waals surface area contributed by atoms with Crippen molar-refractivity contribution in [1.29, 1.82) is 0 Å². The predicted octanol–water partition coefficient (Wildman–Crippen LogP) is 2.69. The molecule has 0 atom stereocenters. The van der Waals surface area contributed by atoms with Crippen LogP contribution in [0.15, 0.2) is 12.1 Å². The van der Waals surface area contributed by atoms with Crippen LogP contribution in [0.2, 0.25) is 0 Å². The zero-order chi connectivity index (χ0) is 10.5. The molecule has 1 aromatic rings. The van der Waals surface area contributed by atoms with Gasteiger partial charge in [0.1, 0.15) is 5.82 Å². The van der Waals surface area contributed by atoms with Crippen LogP contribution in [0.3, 0.4) is 0 Å².